The van der Waals surface area contributed by atoms with E-state index in [9.17, 15) is 0 Å². The van der Waals surface area contributed by atoms with Gasteiger partial charge < -0.3 is 15.5 Å². The Hall–Kier alpha value is -2.00. The summed E-state index contributed by atoms with van der Waals surface area (Å²) in [7, 11) is 2.10. The molecule has 0 saturated carbocycles. The van der Waals surface area contributed by atoms with Crippen LogP contribution in [-0.4, -0.2) is 26.2 Å². The molecule has 0 radical (unpaired) electrons. The molecule has 1 aliphatic heterocycles. The predicted octanol–water partition coefficient (Wildman–Crippen LogP) is 2.60. The summed E-state index contributed by atoms with van der Waals surface area (Å²) in [6, 6.07) is 19.1. The van der Waals surface area contributed by atoms with Crippen molar-refractivity contribution in [3.05, 3.63) is 54.6 Å². The topological polar surface area (TPSA) is 32.5 Å². The van der Waals surface area contributed by atoms with Crippen molar-refractivity contribution in [2.24, 2.45) is 5.73 Å². The van der Waals surface area contributed by atoms with E-state index in [1.807, 2.05) is 6.07 Å². The lowest BCUT2D eigenvalue weighted by Crippen LogP contribution is -2.40. The van der Waals surface area contributed by atoms with Gasteiger partial charge in [0, 0.05) is 31.9 Å². The molecule has 3 heteroatoms. The molecule has 2 aromatic rings. The van der Waals surface area contributed by atoms with Crippen LogP contribution >= 0.6 is 0 Å². The fraction of sp³-hybridized carbons (Fsp3) is 0.250. The maximum atomic E-state index is 6.25. The second-order valence-electron chi connectivity index (χ2n) is 5.08. The molecule has 0 aliphatic carbocycles. The Morgan fingerprint density at radius 3 is 2.26 bits per heavy atom. The first-order chi connectivity index (χ1) is 9.25. The van der Waals surface area contributed by atoms with Gasteiger partial charge >= 0.3 is 0 Å². The zero-order valence-electron chi connectivity index (χ0n) is 11.2. The highest BCUT2D eigenvalue weighted by molar-refractivity contribution is 5.78. The number of anilines is 3. The highest BCUT2D eigenvalue weighted by Gasteiger charge is 2.23. The first-order valence-corrected chi connectivity index (χ1v) is 6.64. The van der Waals surface area contributed by atoms with Gasteiger partial charge in [0.1, 0.15) is 0 Å². The van der Waals surface area contributed by atoms with E-state index in [-0.39, 0.29) is 6.04 Å². The Kier molecular flexibility index (Phi) is 3.13. The van der Waals surface area contributed by atoms with Crippen molar-refractivity contribution in [1.29, 1.82) is 0 Å². The van der Waals surface area contributed by atoms with Crippen LogP contribution in [0.3, 0.4) is 0 Å². The summed E-state index contributed by atoms with van der Waals surface area (Å²) in [4.78, 5) is 4.55. The number of para-hydroxylation sites is 3. The van der Waals surface area contributed by atoms with Crippen molar-refractivity contribution in [1.82, 2.24) is 0 Å². The molecule has 0 fully saturated rings. The highest BCUT2D eigenvalue weighted by Crippen LogP contribution is 2.35. The number of nitrogens with zero attached hydrogens (tertiary/aromatic N) is 2. The number of hydrogen-bond acceptors (Lipinski definition) is 3. The number of fused-ring (bicyclic) bond motifs is 1. The average Bonchev–Trinajstić information content (AvgIpc) is 2.57. The first kappa shape index (κ1) is 12.1. The molecule has 3 nitrogen and oxygen atoms in total. The molecule has 0 amide bonds. The van der Waals surface area contributed by atoms with Crippen molar-refractivity contribution in [2.45, 2.75) is 6.04 Å². The van der Waals surface area contributed by atoms with Gasteiger partial charge in [-0.25, -0.2) is 0 Å². The Bertz CT molecular complexity index is 553. The molecule has 3 rings (SSSR count). The second kappa shape index (κ2) is 4.94. The summed E-state index contributed by atoms with van der Waals surface area (Å²) in [5.41, 5.74) is 9.91. The molecular weight excluding hydrogens is 234 g/mol. The van der Waals surface area contributed by atoms with Crippen LogP contribution in [0, 0.1) is 0 Å². The highest BCUT2D eigenvalue weighted by atomic mass is 15.2. The van der Waals surface area contributed by atoms with E-state index in [0.717, 1.165) is 13.1 Å². The zero-order chi connectivity index (χ0) is 13.2. The Morgan fingerprint density at radius 1 is 0.895 bits per heavy atom. The van der Waals surface area contributed by atoms with E-state index in [1.54, 1.807) is 0 Å². The molecule has 0 spiro atoms. The molecule has 0 saturated heterocycles. The third kappa shape index (κ3) is 2.29. The van der Waals surface area contributed by atoms with Crippen molar-refractivity contribution in [2.75, 3.05) is 29.9 Å². The minimum atomic E-state index is 0.137. The summed E-state index contributed by atoms with van der Waals surface area (Å²) < 4.78 is 0. The molecule has 2 N–H and O–H groups in total. The lowest BCUT2D eigenvalue weighted by molar-refractivity contribution is 0.674. The van der Waals surface area contributed by atoms with Crippen molar-refractivity contribution < 1.29 is 0 Å². The smallest absolute Gasteiger partial charge is 0.0649 e. The zero-order valence-corrected chi connectivity index (χ0v) is 11.2. The van der Waals surface area contributed by atoms with Crippen LogP contribution in [0.25, 0.3) is 0 Å². The number of hydrogen-bond donors (Lipinski definition) is 1. The molecule has 19 heavy (non-hydrogen) atoms. The van der Waals surface area contributed by atoms with Gasteiger partial charge in [-0.15, -0.1) is 0 Å². The maximum Gasteiger partial charge on any atom is 0.0649 e. The maximum absolute atomic E-state index is 6.25. The van der Waals surface area contributed by atoms with E-state index < -0.39 is 0 Å². The van der Waals surface area contributed by atoms with Crippen LogP contribution in [0.1, 0.15) is 0 Å². The predicted molar refractivity (Wildman–Crippen MR) is 81.1 cm³/mol. The average molecular weight is 253 g/mol. The molecule has 2 aromatic carbocycles. The third-order valence-corrected chi connectivity index (χ3v) is 3.58. The standard InChI is InChI=1S/C16H19N3/c1-18-11-13(17)12-19(14-7-3-2-4-8-14)16-10-6-5-9-15(16)18/h2-10,13H,11-12,17H2,1H3. The van der Waals surface area contributed by atoms with Gasteiger partial charge in [-0.05, 0) is 24.3 Å². The molecule has 0 bridgehead atoms. The molecule has 98 valence electrons. The minimum Gasteiger partial charge on any atom is -0.371 e. The summed E-state index contributed by atoms with van der Waals surface area (Å²) in [6.45, 7) is 1.71. The van der Waals surface area contributed by atoms with Crippen molar-refractivity contribution >= 4 is 17.1 Å². The molecule has 1 atom stereocenters. The van der Waals surface area contributed by atoms with E-state index in [0.29, 0.717) is 0 Å². The van der Waals surface area contributed by atoms with Gasteiger partial charge in [0.15, 0.2) is 0 Å². The SMILES string of the molecule is CN1CC(N)CN(c2ccccc2)c2ccccc21. The summed E-state index contributed by atoms with van der Waals surface area (Å²) >= 11 is 0. The quantitative estimate of drug-likeness (QED) is 0.848. The van der Waals surface area contributed by atoms with E-state index in [1.165, 1.54) is 17.1 Å². The molecule has 0 aromatic heterocycles. The Balaban J connectivity index is 2.10. The minimum absolute atomic E-state index is 0.137. The fourth-order valence-corrected chi connectivity index (χ4v) is 2.71. The number of nitrogens with two attached hydrogens (primary N) is 1. The molecule has 1 aliphatic rings. The number of rotatable bonds is 1. The van der Waals surface area contributed by atoms with Gasteiger partial charge in [0.05, 0.1) is 11.4 Å². The van der Waals surface area contributed by atoms with Crippen molar-refractivity contribution in [3.63, 3.8) is 0 Å². The molecular formula is C16H19N3. The van der Waals surface area contributed by atoms with Crippen molar-refractivity contribution in [3.8, 4) is 0 Å². The van der Waals surface area contributed by atoms with Crippen LogP contribution in [0.4, 0.5) is 17.1 Å². The Morgan fingerprint density at radius 2 is 1.53 bits per heavy atom. The lowest BCUT2D eigenvalue weighted by atomic mass is 10.2. The van der Waals surface area contributed by atoms with E-state index in [2.05, 4.69) is 65.4 Å². The molecule has 1 unspecified atom stereocenters. The molecule has 1 heterocycles. The van der Waals surface area contributed by atoms with Crippen LogP contribution < -0.4 is 15.5 Å². The fourth-order valence-electron chi connectivity index (χ4n) is 2.71. The monoisotopic (exact) mass is 253 g/mol. The largest absolute Gasteiger partial charge is 0.371 e. The van der Waals surface area contributed by atoms with E-state index in [4.69, 9.17) is 5.73 Å². The Labute approximate surface area is 114 Å². The van der Waals surface area contributed by atoms with Crippen LogP contribution in [0.5, 0.6) is 0 Å². The first-order valence-electron chi connectivity index (χ1n) is 6.64. The van der Waals surface area contributed by atoms with Gasteiger partial charge in [-0.2, -0.15) is 0 Å². The number of benzene rings is 2. The van der Waals surface area contributed by atoms with Gasteiger partial charge in [0.25, 0.3) is 0 Å². The number of likely N-dealkylation sites (N-methyl/N-ethyl adjacent to an activating group) is 1. The summed E-state index contributed by atoms with van der Waals surface area (Å²) in [6.07, 6.45) is 0. The van der Waals surface area contributed by atoms with Gasteiger partial charge in [-0.1, -0.05) is 30.3 Å². The van der Waals surface area contributed by atoms with Crippen LogP contribution in [-0.2, 0) is 0 Å². The third-order valence-electron chi connectivity index (χ3n) is 3.58. The van der Waals surface area contributed by atoms with E-state index >= 15 is 0 Å². The van der Waals surface area contributed by atoms with Gasteiger partial charge in [-0.3, -0.25) is 0 Å². The van der Waals surface area contributed by atoms with Crippen LogP contribution in [0.15, 0.2) is 54.6 Å². The normalized spacial score (nSPS) is 18.9. The lowest BCUT2D eigenvalue weighted by Gasteiger charge is -2.26. The second-order valence-corrected chi connectivity index (χ2v) is 5.08. The summed E-state index contributed by atoms with van der Waals surface area (Å²) in [5.74, 6) is 0. The van der Waals surface area contributed by atoms with Gasteiger partial charge in [0.2, 0.25) is 0 Å². The van der Waals surface area contributed by atoms with Crippen LogP contribution in [0.2, 0.25) is 0 Å². The summed E-state index contributed by atoms with van der Waals surface area (Å²) in [5, 5.41) is 0.